The predicted molar refractivity (Wildman–Crippen MR) is 96.4 cm³/mol. The lowest BCUT2D eigenvalue weighted by Crippen LogP contribution is -2.48. The molecule has 0 saturated carbocycles. The summed E-state index contributed by atoms with van der Waals surface area (Å²) in [6.07, 6.45) is 3.28. The van der Waals surface area contributed by atoms with Gasteiger partial charge in [0.1, 0.15) is 0 Å². The number of amides is 1. The average molecular weight is 324 g/mol. The molecule has 0 spiro atoms. The van der Waals surface area contributed by atoms with Crippen molar-refractivity contribution in [2.24, 2.45) is 0 Å². The van der Waals surface area contributed by atoms with Crippen molar-refractivity contribution in [3.05, 3.63) is 59.9 Å². The Labute approximate surface area is 143 Å². The van der Waals surface area contributed by atoms with E-state index in [9.17, 15) is 4.79 Å². The van der Waals surface area contributed by atoms with Crippen LogP contribution in [0.4, 0.5) is 5.69 Å². The molecule has 1 aliphatic heterocycles. The maximum atomic E-state index is 12.0. The number of aryl methyl sites for hydroxylation is 1. The van der Waals surface area contributed by atoms with E-state index in [1.165, 1.54) is 11.3 Å². The highest BCUT2D eigenvalue weighted by Crippen LogP contribution is 2.16. The summed E-state index contributed by atoms with van der Waals surface area (Å²) >= 11 is 0. The lowest BCUT2D eigenvalue weighted by molar-refractivity contribution is 0.0947. The average Bonchev–Trinajstić information content (AvgIpc) is 2.64. The van der Waals surface area contributed by atoms with Crippen molar-refractivity contribution in [1.29, 1.82) is 0 Å². The third-order valence-electron chi connectivity index (χ3n) is 4.43. The monoisotopic (exact) mass is 324 g/mol. The molecule has 0 radical (unpaired) electrons. The molecule has 0 aliphatic carbocycles. The van der Waals surface area contributed by atoms with Gasteiger partial charge >= 0.3 is 0 Å². The first kappa shape index (κ1) is 16.5. The first-order valence-electron chi connectivity index (χ1n) is 8.44. The highest BCUT2D eigenvalue weighted by atomic mass is 16.1. The van der Waals surface area contributed by atoms with Crippen LogP contribution >= 0.6 is 0 Å². The summed E-state index contributed by atoms with van der Waals surface area (Å²) < 4.78 is 0. The molecule has 1 aromatic carbocycles. The third-order valence-corrected chi connectivity index (χ3v) is 4.43. The van der Waals surface area contributed by atoms with Crippen LogP contribution in [-0.2, 0) is 0 Å². The number of nitrogens with zero attached hydrogens (tertiary/aromatic N) is 3. The molecular formula is C19H24N4O. The third kappa shape index (κ3) is 4.32. The number of aromatic nitrogens is 1. The Balaban J connectivity index is 1.39. The van der Waals surface area contributed by atoms with E-state index >= 15 is 0 Å². The fourth-order valence-electron chi connectivity index (χ4n) is 2.92. The van der Waals surface area contributed by atoms with E-state index in [0.717, 1.165) is 32.7 Å². The zero-order valence-electron chi connectivity index (χ0n) is 14.1. The van der Waals surface area contributed by atoms with Gasteiger partial charge < -0.3 is 10.2 Å². The van der Waals surface area contributed by atoms with Gasteiger partial charge in [0.15, 0.2) is 0 Å². The summed E-state index contributed by atoms with van der Waals surface area (Å²) in [5, 5.41) is 2.97. The summed E-state index contributed by atoms with van der Waals surface area (Å²) in [6, 6.07) is 12.2. The van der Waals surface area contributed by atoms with Crippen LogP contribution in [0.3, 0.4) is 0 Å². The second-order valence-corrected chi connectivity index (χ2v) is 6.16. The van der Waals surface area contributed by atoms with Crippen molar-refractivity contribution in [1.82, 2.24) is 15.2 Å². The molecule has 2 heterocycles. The van der Waals surface area contributed by atoms with E-state index in [1.54, 1.807) is 24.5 Å². The molecule has 2 aromatic rings. The Morgan fingerprint density at radius 2 is 1.71 bits per heavy atom. The first-order chi connectivity index (χ1) is 11.7. The van der Waals surface area contributed by atoms with E-state index < -0.39 is 0 Å². The van der Waals surface area contributed by atoms with E-state index in [2.05, 4.69) is 51.3 Å². The lowest BCUT2D eigenvalue weighted by Gasteiger charge is -2.36. The van der Waals surface area contributed by atoms with Crippen molar-refractivity contribution in [2.45, 2.75) is 6.92 Å². The van der Waals surface area contributed by atoms with Crippen LogP contribution in [-0.4, -0.2) is 55.1 Å². The fraction of sp³-hybridized carbons (Fsp3) is 0.368. The van der Waals surface area contributed by atoms with Gasteiger partial charge in [-0.25, -0.2) is 0 Å². The molecule has 24 heavy (non-hydrogen) atoms. The molecule has 126 valence electrons. The van der Waals surface area contributed by atoms with Gasteiger partial charge in [-0.05, 0) is 31.2 Å². The molecule has 1 aromatic heterocycles. The van der Waals surface area contributed by atoms with Crippen molar-refractivity contribution in [3.63, 3.8) is 0 Å². The van der Waals surface area contributed by atoms with Crippen LogP contribution in [0.2, 0.25) is 0 Å². The maximum absolute atomic E-state index is 12.0. The number of nitrogens with one attached hydrogen (secondary N) is 1. The minimum atomic E-state index is -0.0318. The van der Waals surface area contributed by atoms with Gasteiger partial charge in [0.25, 0.3) is 5.91 Å². The standard InChI is InChI=1S/C19H24N4O/c1-16-2-4-18(5-3-16)23-14-12-22(13-15-23)11-10-21-19(24)17-6-8-20-9-7-17/h2-9H,10-15H2,1H3,(H,21,24). The molecule has 5 heteroatoms. The van der Waals surface area contributed by atoms with E-state index in [4.69, 9.17) is 0 Å². The molecule has 1 saturated heterocycles. The van der Waals surface area contributed by atoms with Crippen LogP contribution in [0, 0.1) is 6.92 Å². The zero-order chi connectivity index (χ0) is 16.8. The van der Waals surface area contributed by atoms with E-state index in [0.29, 0.717) is 12.1 Å². The second kappa shape index (κ2) is 7.93. The fourth-order valence-corrected chi connectivity index (χ4v) is 2.92. The van der Waals surface area contributed by atoms with E-state index in [-0.39, 0.29) is 5.91 Å². The van der Waals surface area contributed by atoms with Crippen LogP contribution in [0.1, 0.15) is 15.9 Å². The van der Waals surface area contributed by atoms with Crippen molar-refractivity contribution in [3.8, 4) is 0 Å². The minimum absolute atomic E-state index is 0.0318. The Kier molecular flexibility index (Phi) is 5.43. The summed E-state index contributed by atoms with van der Waals surface area (Å²) in [6.45, 7) is 7.78. The first-order valence-corrected chi connectivity index (χ1v) is 8.44. The topological polar surface area (TPSA) is 48.5 Å². The molecule has 0 atom stereocenters. The summed E-state index contributed by atoms with van der Waals surface area (Å²) in [5.74, 6) is -0.0318. The van der Waals surface area contributed by atoms with Crippen LogP contribution in [0.5, 0.6) is 0 Å². The number of rotatable bonds is 5. The van der Waals surface area contributed by atoms with Crippen LogP contribution in [0.25, 0.3) is 0 Å². The quantitative estimate of drug-likeness (QED) is 0.913. The van der Waals surface area contributed by atoms with Crippen molar-refractivity contribution >= 4 is 11.6 Å². The smallest absolute Gasteiger partial charge is 0.251 e. The van der Waals surface area contributed by atoms with Gasteiger partial charge in [-0.2, -0.15) is 0 Å². The van der Waals surface area contributed by atoms with Gasteiger partial charge in [0.05, 0.1) is 0 Å². The second-order valence-electron chi connectivity index (χ2n) is 6.16. The van der Waals surface area contributed by atoms with Gasteiger partial charge in [0.2, 0.25) is 0 Å². The number of anilines is 1. The van der Waals surface area contributed by atoms with E-state index in [1.807, 2.05) is 0 Å². The maximum Gasteiger partial charge on any atom is 0.251 e. The molecular weight excluding hydrogens is 300 g/mol. The van der Waals surface area contributed by atoms with Crippen molar-refractivity contribution in [2.75, 3.05) is 44.2 Å². The Morgan fingerprint density at radius 1 is 1.04 bits per heavy atom. The Morgan fingerprint density at radius 3 is 2.38 bits per heavy atom. The molecule has 1 amide bonds. The molecule has 0 unspecified atom stereocenters. The molecule has 3 rings (SSSR count). The van der Waals surface area contributed by atoms with Crippen molar-refractivity contribution < 1.29 is 4.79 Å². The van der Waals surface area contributed by atoms with Crippen LogP contribution < -0.4 is 10.2 Å². The number of benzene rings is 1. The largest absolute Gasteiger partial charge is 0.369 e. The van der Waals surface area contributed by atoms with Crippen LogP contribution in [0.15, 0.2) is 48.8 Å². The lowest BCUT2D eigenvalue weighted by atomic mass is 10.2. The van der Waals surface area contributed by atoms with Gasteiger partial charge in [-0.1, -0.05) is 17.7 Å². The highest BCUT2D eigenvalue weighted by molar-refractivity contribution is 5.93. The molecule has 1 fully saturated rings. The minimum Gasteiger partial charge on any atom is -0.369 e. The SMILES string of the molecule is Cc1ccc(N2CCN(CCNC(=O)c3ccncc3)CC2)cc1. The summed E-state index contributed by atoms with van der Waals surface area (Å²) in [4.78, 5) is 20.7. The number of piperazine rings is 1. The summed E-state index contributed by atoms with van der Waals surface area (Å²) in [7, 11) is 0. The molecule has 5 nitrogen and oxygen atoms in total. The predicted octanol–water partition coefficient (Wildman–Crippen LogP) is 1.94. The van der Waals surface area contributed by atoms with Gasteiger partial charge in [0, 0.05) is 62.9 Å². The number of hydrogen-bond acceptors (Lipinski definition) is 4. The number of carbonyl (C=O) groups excluding carboxylic acids is 1. The molecule has 1 N–H and O–H groups in total. The molecule has 1 aliphatic rings. The normalized spacial score (nSPS) is 15.3. The number of carbonyl (C=O) groups is 1. The Hall–Kier alpha value is -2.40. The highest BCUT2D eigenvalue weighted by Gasteiger charge is 2.17. The summed E-state index contributed by atoms with van der Waals surface area (Å²) in [5.41, 5.74) is 3.25. The molecule has 0 bridgehead atoms. The van der Waals surface area contributed by atoms with Gasteiger partial charge in [-0.3, -0.25) is 14.7 Å². The Bertz CT molecular complexity index is 649. The number of pyridine rings is 1. The number of hydrogen-bond donors (Lipinski definition) is 1. The zero-order valence-corrected chi connectivity index (χ0v) is 14.1. The van der Waals surface area contributed by atoms with Gasteiger partial charge in [-0.15, -0.1) is 0 Å².